The number of carbonyl (C=O) groups excluding carboxylic acids is 1. The van der Waals surface area contributed by atoms with E-state index in [1.54, 1.807) is 0 Å². The molecule has 3 heterocycles. The molecule has 1 saturated heterocycles. The fraction of sp³-hybridized carbons (Fsp3) is 0.476. The van der Waals surface area contributed by atoms with Crippen molar-refractivity contribution in [2.75, 3.05) is 36.4 Å². The maximum Gasteiger partial charge on any atom is 0.227 e. The third-order valence-electron chi connectivity index (χ3n) is 5.34. The second-order valence-electron chi connectivity index (χ2n) is 7.40. The number of amides is 1. The van der Waals surface area contributed by atoms with Crippen LogP contribution in [-0.4, -0.2) is 47.0 Å². The Bertz CT molecular complexity index is 822. The molecule has 1 aromatic heterocycles. The highest BCUT2D eigenvalue weighted by molar-refractivity contribution is 5.78. The molecule has 0 radical (unpaired) electrons. The van der Waals surface area contributed by atoms with Gasteiger partial charge in [-0.05, 0) is 37.3 Å². The summed E-state index contributed by atoms with van der Waals surface area (Å²) in [7, 11) is 0. The summed E-state index contributed by atoms with van der Waals surface area (Å²) < 4.78 is 0. The molecule has 0 saturated carbocycles. The third kappa shape index (κ3) is 4.21. The zero-order valence-corrected chi connectivity index (χ0v) is 15.9. The van der Waals surface area contributed by atoms with Crippen molar-refractivity contribution in [3.63, 3.8) is 0 Å². The Morgan fingerprint density at radius 2 is 1.96 bits per heavy atom. The number of hydrogen-bond donors (Lipinski definition) is 1. The second-order valence-corrected chi connectivity index (χ2v) is 7.40. The van der Waals surface area contributed by atoms with Crippen LogP contribution in [0.1, 0.15) is 36.1 Å². The van der Waals surface area contributed by atoms with Crippen LogP contribution in [0.15, 0.2) is 30.3 Å². The van der Waals surface area contributed by atoms with E-state index in [1.165, 1.54) is 11.1 Å². The first-order chi connectivity index (χ1) is 13.2. The standard InChI is InChI=1S/C21H27N5O/c1-16-14-19(22-10-5-12-25-11-4-8-20(25)27)24-21(23-16)26-13-9-17-6-2-3-7-18(17)15-26/h2-3,6-7,14H,4-5,8-13,15H2,1H3,(H,22,23,24). The normalized spacial score (nSPS) is 16.6. The first-order valence-electron chi connectivity index (χ1n) is 9.88. The van der Waals surface area contributed by atoms with E-state index in [1.807, 2.05) is 17.9 Å². The molecule has 4 rings (SSSR count). The highest BCUT2D eigenvalue weighted by Crippen LogP contribution is 2.23. The molecule has 1 fully saturated rings. The topological polar surface area (TPSA) is 61.4 Å². The number of fused-ring (bicyclic) bond motifs is 1. The lowest BCUT2D eigenvalue weighted by molar-refractivity contribution is -0.127. The maximum absolute atomic E-state index is 11.7. The average molecular weight is 365 g/mol. The minimum atomic E-state index is 0.292. The van der Waals surface area contributed by atoms with Crippen LogP contribution in [0.3, 0.4) is 0 Å². The molecule has 142 valence electrons. The molecule has 0 unspecified atom stereocenters. The first-order valence-corrected chi connectivity index (χ1v) is 9.88. The predicted molar refractivity (Wildman–Crippen MR) is 107 cm³/mol. The number of aryl methyl sites for hydroxylation is 1. The molecule has 0 bridgehead atoms. The molecule has 2 aromatic rings. The average Bonchev–Trinajstić information content (AvgIpc) is 3.09. The van der Waals surface area contributed by atoms with Gasteiger partial charge in [-0.15, -0.1) is 0 Å². The van der Waals surface area contributed by atoms with Crippen molar-refractivity contribution in [3.05, 3.63) is 47.2 Å². The van der Waals surface area contributed by atoms with E-state index < -0.39 is 0 Å². The van der Waals surface area contributed by atoms with Crippen LogP contribution in [0.4, 0.5) is 11.8 Å². The van der Waals surface area contributed by atoms with Crippen molar-refractivity contribution in [2.45, 2.75) is 39.2 Å². The molecule has 6 heteroatoms. The van der Waals surface area contributed by atoms with Crippen molar-refractivity contribution in [2.24, 2.45) is 0 Å². The molecule has 27 heavy (non-hydrogen) atoms. The van der Waals surface area contributed by atoms with Crippen LogP contribution in [0.5, 0.6) is 0 Å². The molecule has 1 aromatic carbocycles. The molecular formula is C21H27N5O. The monoisotopic (exact) mass is 365 g/mol. The van der Waals surface area contributed by atoms with Crippen LogP contribution >= 0.6 is 0 Å². The largest absolute Gasteiger partial charge is 0.370 e. The minimum absolute atomic E-state index is 0.292. The van der Waals surface area contributed by atoms with Crippen molar-refractivity contribution < 1.29 is 4.79 Å². The van der Waals surface area contributed by atoms with Crippen LogP contribution in [0, 0.1) is 6.92 Å². The van der Waals surface area contributed by atoms with Gasteiger partial charge < -0.3 is 15.1 Å². The second kappa shape index (κ2) is 7.94. The van der Waals surface area contributed by atoms with Gasteiger partial charge in [0.15, 0.2) is 0 Å². The van der Waals surface area contributed by atoms with Crippen LogP contribution in [-0.2, 0) is 17.8 Å². The van der Waals surface area contributed by atoms with Gasteiger partial charge in [0.05, 0.1) is 0 Å². The Morgan fingerprint density at radius 1 is 1.11 bits per heavy atom. The van der Waals surface area contributed by atoms with E-state index in [4.69, 9.17) is 4.98 Å². The van der Waals surface area contributed by atoms with Gasteiger partial charge in [0, 0.05) is 50.9 Å². The van der Waals surface area contributed by atoms with Crippen molar-refractivity contribution in [1.82, 2.24) is 14.9 Å². The first kappa shape index (κ1) is 17.8. The summed E-state index contributed by atoms with van der Waals surface area (Å²) in [5.41, 5.74) is 3.76. The van der Waals surface area contributed by atoms with Crippen molar-refractivity contribution in [3.8, 4) is 0 Å². The minimum Gasteiger partial charge on any atom is -0.370 e. The lowest BCUT2D eigenvalue weighted by atomic mass is 10.0. The van der Waals surface area contributed by atoms with Crippen LogP contribution in [0.2, 0.25) is 0 Å². The van der Waals surface area contributed by atoms with Crippen LogP contribution in [0.25, 0.3) is 0 Å². The molecule has 1 amide bonds. The van der Waals surface area contributed by atoms with Gasteiger partial charge in [-0.25, -0.2) is 4.98 Å². The Labute approximate surface area is 160 Å². The number of nitrogens with one attached hydrogen (secondary N) is 1. The lowest BCUT2D eigenvalue weighted by Crippen LogP contribution is -2.32. The third-order valence-corrected chi connectivity index (χ3v) is 5.34. The molecule has 0 spiro atoms. The highest BCUT2D eigenvalue weighted by atomic mass is 16.2. The van der Waals surface area contributed by atoms with E-state index in [-0.39, 0.29) is 0 Å². The number of hydrogen-bond acceptors (Lipinski definition) is 5. The van der Waals surface area contributed by atoms with E-state index in [0.29, 0.717) is 12.3 Å². The summed E-state index contributed by atoms with van der Waals surface area (Å²) in [6.07, 6.45) is 3.67. The van der Waals surface area contributed by atoms with Gasteiger partial charge in [0.1, 0.15) is 5.82 Å². The van der Waals surface area contributed by atoms with E-state index in [2.05, 4.69) is 39.5 Å². The number of rotatable bonds is 6. The van der Waals surface area contributed by atoms with Gasteiger partial charge >= 0.3 is 0 Å². The Balaban J connectivity index is 1.36. The van der Waals surface area contributed by atoms with Crippen LogP contribution < -0.4 is 10.2 Å². The summed E-state index contributed by atoms with van der Waals surface area (Å²) in [5, 5.41) is 3.41. The number of nitrogens with zero attached hydrogens (tertiary/aromatic N) is 4. The molecule has 2 aliphatic heterocycles. The Morgan fingerprint density at radius 3 is 2.78 bits per heavy atom. The SMILES string of the molecule is Cc1cc(NCCCN2CCCC2=O)nc(N2CCc3ccccc3C2)n1. The fourth-order valence-electron chi connectivity index (χ4n) is 3.88. The molecule has 0 aliphatic carbocycles. The van der Waals surface area contributed by atoms with Gasteiger partial charge in [-0.1, -0.05) is 24.3 Å². The van der Waals surface area contributed by atoms with Gasteiger partial charge in [-0.3, -0.25) is 4.79 Å². The number of aromatic nitrogens is 2. The molecule has 6 nitrogen and oxygen atoms in total. The van der Waals surface area contributed by atoms with Gasteiger partial charge in [0.2, 0.25) is 11.9 Å². The molecule has 1 N–H and O–H groups in total. The van der Waals surface area contributed by atoms with Crippen molar-refractivity contribution in [1.29, 1.82) is 0 Å². The smallest absolute Gasteiger partial charge is 0.227 e. The van der Waals surface area contributed by atoms with E-state index in [9.17, 15) is 4.79 Å². The van der Waals surface area contributed by atoms with E-state index in [0.717, 1.165) is 69.4 Å². The number of benzene rings is 1. The molecular weight excluding hydrogens is 338 g/mol. The summed E-state index contributed by atoms with van der Waals surface area (Å²) in [5.74, 6) is 1.95. The predicted octanol–water partition coefficient (Wildman–Crippen LogP) is 2.77. The Kier molecular flexibility index (Phi) is 5.23. The lowest BCUT2D eigenvalue weighted by Gasteiger charge is -2.29. The summed E-state index contributed by atoms with van der Waals surface area (Å²) in [6.45, 7) is 6.35. The molecule has 0 atom stereocenters. The maximum atomic E-state index is 11.7. The van der Waals surface area contributed by atoms with E-state index >= 15 is 0 Å². The van der Waals surface area contributed by atoms with Gasteiger partial charge in [0.25, 0.3) is 0 Å². The quantitative estimate of drug-likeness (QED) is 0.798. The summed E-state index contributed by atoms with van der Waals surface area (Å²) in [4.78, 5) is 25.3. The van der Waals surface area contributed by atoms with Gasteiger partial charge in [-0.2, -0.15) is 4.98 Å². The summed E-state index contributed by atoms with van der Waals surface area (Å²) in [6, 6.07) is 10.6. The fourth-order valence-corrected chi connectivity index (χ4v) is 3.88. The Hall–Kier alpha value is -2.63. The highest BCUT2D eigenvalue weighted by Gasteiger charge is 2.20. The number of carbonyl (C=O) groups is 1. The van der Waals surface area contributed by atoms with Crippen molar-refractivity contribution >= 4 is 17.7 Å². The summed E-state index contributed by atoms with van der Waals surface area (Å²) >= 11 is 0. The zero-order valence-electron chi connectivity index (χ0n) is 15.9. The number of likely N-dealkylation sites (tertiary alicyclic amines) is 1. The zero-order chi connectivity index (χ0) is 18.6. The number of anilines is 2. The molecule has 2 aliphatic rings.